The van der Waals surface area contributed by atoms with E-state index in [0.717, 1.165) is 11.4 Å². The molecule has 0 radical (unpaired) electrons. The van der Waals surface area contributed by atoms with E-state index in [9.17, 15) is 4.39 Å². The molecule has 0 saturated carbocycles. The van der Waals surface area contributed by atoms with E-state index in [0.29, 0.717) is 17.8 Å². The predicted octanol–water partition coefficient (Wildman–Crippen LogP) is 3.50. The number of aromatic nitrogens is 3. The number of carboxylic acid groups (broad SMARTS) is 1. The molecule has 0 aliphatic heterocycles. The predicted molar refractivity (Wildman–Crippen MR) is 103 cm³/mol. The van der Waals surface area contributed by atoms with Gasteiger partial charge in [0.15, 0.2) is 11.6 Å². The first-order valence-corrected chi connectivity index (χ1v) is 8.46. The Hall–Kier alpha value is -3.26. The molecule has 3 aromatic rings. The van der Waals surface area contributed by atoms with Crippen molar-refractivity contribution in [3.05, 3.63) is 54.7 Å². The maximum Gasteiger partial charge on any atom is 0.290 e. The molecule has 0 fully saturated rings. The van der Waals surface area contributed by atoms with Gasteiger partial charge in [-0.05, 0) is 37.3 Å². The summed E-state index contributed by atoms with van der Waals surface area (Å²) in [5, 5.41) is 6.89. The zero-order chi connectivity index (χ0) is 20.5. The molecule has 1 unspecified atom stereocenters. The van der Waals surface area contributed by atoms with Crippen LogP contribution >= 0.6 is 0 Å². The normalized spacial score (nSPS) is 11.3. The highest BCUT2D eigenvalue weighted by molar-refractivity contribution is 5.67. The Morgan fingerprint density at radius 3 is 2.57 bits per heavy atom. The van der Waals surface area contributed by atoms with Crippen LogP contribution in [0.1, 0.15) is 6.92 Å². The quantitative estimate of drug-likeness (QED) is 0.652. The van der Waals surface area contributed by atoms with E-state index in [1.165, 1.54) is 13.2 Å². The zero-order valence-corrected chi connectivity index (χ0v) is 15.9. The highest BCUT2D eigenvalue weighted by Crippen LogP contribution is 2.27. The van der Waals surface area contributed by atoms with Crippen molar-refractivity contribution < 1.29 is 23.8 Å². The minimum atomic E-state index is -0.414. The SMILES string of the molecule is COc1ccc(-c2cc(-c3nccn3CC(C)OC)ccn2)cc1F.O=CO. The number of hydrogen-bond acceptors (Lipinski definition) is 5. The molecule has 1 aromatic carbocycles. The van der Waals surface area contributed by atoms with Gasteiger partial charge >= 0.3 is 0 Å². The molecule has 1 atom stereocenters. The summed E-state index contributed by atoms with van der Waals surface area (Å²) >= 11 is 0. The second-order valence-corrected chi connectivity index (χ2v) is 5.83. The molecular formula is C20H22FN3O4. The number of rotatable bonds is 6. The average molecular weight is 387 g/mol. The van der Waals surface area contributed by atoms with E-state index in [-0.39, 0.29) is 18.3 Å². The van der Waals surface area contributed by atoms with E-state index in [1.807, 2.05) is 29.8 Å². The summed E-state index contributed by atoms with van der Waals surface area (Å²) in [6, 6.07) is 8.59. The van der Waals surface area contributed by atoms with Crippen molar-refractivity contribution in [2.45, 2.75) is 19.6 Å². The number of imidazole rings is 1. The van der Waals surface area contributed by atoms with Crippen LogP contribution in [-0.4, -0.2) is 46.4 Å². The molecule has 0 spiro atoms. The van der Waals surface area contributed by atoms with Crippen molar-refractivity contribution in [1.29, 1.82) is 0 Å². The highest BCUT2D eigenvalue weighted by Gasteiger charge is 2.12. The number of benzene rings is 1. The number of nitrogens with zero attached hydrogens (tertiary/aromatic N) is 3. The number of hydrogen-bond donors (Lipinski definition) is 1. The van der Waals surface area contributed by atoms with Crippen LogP contribution in [0.5, 0.6) is 5.75 Å². The van der Waals surface area contributed by atoms with E-state index < -0.39 is 5.82 Å². The van der Waals surface area contributed by atoms with Crippen LogP contribution in [0.2, 0.25) is 0 Å². The first kappa shape index (κ1) is 21.0. The van der Waals surface area contributed by atoms with Gasteiger partial charge in [0.2, 0.25) is 0 Å². The summed E-state index contributed by atoms with van der Waals surface area (Å²) in [7, 11) is 3.13. The van der Waals surface area contributed by atoms with Gasteiger partial charge in [0.25, 0.3) is 6.47 Å². The van der Waals surface area contributed by atoms with E-state index in [4.69, 9.17) is 19.4 Å². The highest BCUT2D eigenvalue weighted by atomic mass is 19.1. The summed E-state index contributed by atoms with van der Waals surface area (Å²) in [5.41, 5.74) is 2.27. The summed E-state index contributed by atoms with van der Waals surface area (Å²) in [4.78, 5) is 17.2. The van der Waals surface area contributed by atoms with Crippen LogP contribution in [0.4, 0.5) is 4.39 Å². The van der Waals surface area contributed by atoms with Gasteiger partial charge < -0.3 is 19.1 Å². The maximum atomic E-state index is 14.0. The van der Waals surface area contributed by atoms with Gasteiger partial charge in [-0.15, -0.1) is 0 Å². The summed E-state index contributed by atoms with van der Waals surface area (Å²) in [6.07, 6.45) is 5.44. The molecule has 0 bridgehead atoms. The Bertz CT molecular complexity index is 914. The van der Waals surface area contributed by atoms with Crippen molar-refractivity contribution in [1.82, 2.24) is 14.5 Å². The van der Waals surface area contributed by atoms with Gasteiger partial charge in [0.05, 0.1) is 25.5 Å². The third kappa shape index (κ3) is 5.14. The minimum absolute atomic E-state index is 0.0740. The lowest BCUT2D eigenvalue weighted by atomic mass is 10.1. The topological polar surface area (TPSA) is 86.5 Å². The van der Waals surface area contributed by atoms with Gasteiger partial charge in [-0.3, -0.25) is 9.78 Å². The van der Waals surface area contributed by atoms with E-state index in [1.54, 1.807) is 31.6 Å². The average Bonchev–Trinajstić information content (AvgIpc) is 3.16. The van der Waals surface area contributed by atoms with E-state index in [2.05, 4.69) is 9.97 Å². The maximum absolute atomic E-state index is 14.0. The Labute approximate surface area is 162 Å². The van der Waals surface area contributed by atoms with Crippen LogP contribution in [0, 0.1) is 5.82 Å². The molecule has 7 nitrogen and oxygen atoms in total. The zero-order valence-electron chi connectivity index (χ0n) is 15.9. The smallest absolute Gasteiger partial charge is 0.290 e. The van der Waals surface area contributed by atoms with Crippen molar-refractivity contribution in [3.63, 3.8) is 0 Å². The lowest BCUT2D eigenvalue weighted by Gasteiger charge is -2.13. The van der Waals surface area contributed by atoms with E-state index >= 15 is 0 Å². The molecule has 8 heteroatoms. The fraction of sp³-hybridized carbons (Fsp3) is 0.250. The fourth-order valence-electron chi connectivity index (χ4n) is 2.62. The first-order chi connectivity index (χ1) is 13.5. The molecule has 148 valence electrons. The number of halogens is 1. The summed E-state index contributed by atoms with van der Waals surface area (Å²) in [5.74, 6) is 0.619. The van der Waals surface area contributed by atoms with Crippen molar-refractivity contribution in [2.24, 2.45) is 0 Å². The lowest BCUT2D eigenvalue weighted by Crippen LogP contribution is -2.14. The molecule has 2 aromatic heterocycles. The largest absolute Gasteiger partial charge is 0.494 e. The number of carbonyl (C=O) groups is 1. The molecule has 0 amide bonds. The molecule has 3 rings (SSSR count). The second-order valence-electron chi connectivity index (χ2n) is 5.83. The Morgan fingerprint density at radius 1 is 1.18 bits per heavy atom. The van der Waals surface area contributed by atoms with Crippen LogP contribution in [0.15, 0.2) is 48.9 Å². The third-order valence-electron chi connectivity index (χ3n) is 4.04. The first-order valence-electron chi connectivity index (χ1n) is 8.46. The number of pyridine rings is 1. The van der Waals surface area contributed by atoms with Crippen LogP contribution < -0.4 is 4.74 Å². The van der Waals surface area contributed by atoms with Crippen LogP contribution in [0.3, 0.4) is 0 Å². The van der Waals surface area contributed by atoms with Crippen molar-refractivity contribution in [2.75, 3.05) is 14.2 Å². The van der Waals surface area contributed by atoms with Gasteiger partial charge in [-0.1, -0.05) is 0 Å². The number of ether oxygens (including phenoxy) is 2. The Balaban J connectivity index is 0.000000878. The minimum Gasteiger partial charge on any atom is -0.494 e. The number of methoxy groups -OCH3 is 2. The van der Waals surface area contributed by atoms with Crippen LogP contribution in [0.25, 0.3) is 22.6 Å². The summed E-state index contributed by atoms with van der Waals surface area (Å²) in [6.45, 7) is 2.45. The second kappa shape index (κ2) is 10.2. The Kier molecular flexibility index (Phi) is 7.65. The Morgan fingerprint density at radius 2 is 1.93 bits per heavy atom. The summed E-state index contributed by atoms with van der Waals surface area (Å²) < 4.78 is 26.3. The van der Waals surface area contributed by atoms with Crippen molar-refractivity contribution in [3.8, 4) is 28.4 Å². The molecule has 0 aliphatic rings. The molecule has 2 heterocycles. The molecule has 28 heavy (non-hydrogen) atoms. The van der Waals surface area contributed by atoms with Gasteiger partial charge in [-0.25, -0.2) is 9.37 Å². The van der Waals surface area contributed by atoms with Crippen molar-refractivity contribution >= 4 is 6.47 Å². The fourth-order valence-corrected chi connectivity index (χ4v) is 2.62. The molecular weight excluding hydrogens is 365 g/mol. The van der Waals surface area contributed by atoms with Gasteiger partial charge in [0.1, 0.15) is 5.82 Å². The lowest BCUT2D eigenvalue weighted by molar-refractivity contribution is -0.122. The van der Waals surface area contributed by atoms with Gasteiger partial charge in [0, 0.05) is 36.8 Å². The standard InChI is InChI=1S/C19H20FN3O2.CH2O2/c1-13(24-2)12-23-9-8-22-19(23)15-6-7-21-17(11-15)14-4-5-18(25-3)16(20)10-14;2-1-3/h4-11,13H,12H2,1-3H3;1H,(H,2,3). The molecule has 1 N–H and O–H groups in total. The van der Waals surface area contributed by atoms with Crippen LogP contribution in [-0.2, 0) is 16.1 Å². The third-order valence-corrected chi connectivity index (χ3v) is 4.04. The van der Waals surface area contributed by atoms with Gasteiger partial charge in [-0.2, -0.15) is 0 Å². The molecule has 0 saturated heterocycles. The monoisotopic (exact) mass is 387 g/mol. The molecule has 0 aliphatic carbocycles.